The molecular formula is C11H14N4O3. The van der Waals surface area contributed by atoms with Gasteiger partial charge in [-0.3, -0.25) is 4.79 Å². The summed E-state index contributed by atoms with van der Waals surface area (Å²) in [6, 6.07) is 0. The second-order valence-electron chi connectivity index (χ2n) is 4.23. The van der Waals surface area contributed by atoms with E-state index in [2.05, 4.69) is 9.97 Å². The van der Waals surface area contributed by atoms with E-state index in [1.807, 2.05) is 4.90 Å². The van der Waals surface area contributed by atoms with Gasteiger partial charge in [0.05, 0.1) is 0 Å². The predicted octanol–water partition coefficient (Wildman–Crippen LogP) is -0.124. The summed E-state index contributed by atoms with van der Waals surface area (Å²) in [5.74, 6) is -1.07. The fourth-order valence-corrected chi connectivity index (χ4v) is 2.10. The molecule has 1 aromatic heterocycles. The zero-order chi connectivity index (χ0) is 13.1. The number of nitrogens with two attached hydrogens (primary N) is 1. The van der Waals surface area contributed by atoms with Gasteiger partial charge in [0, 0.05) is 25.2 Å². The van der Waals surface area contributed by atoms with Crippen molar-refractivity contribution in [2.45, 2.75) is 12.8 Å². The molecule has 0 saturated carbocycles. The number of carboxylic acids is 1. The van der Waals surface area contributed by atoms with Gasteiger partial charge in [0.25, 0.3) is 0 Å². The molecule has 0 atom stereocenters. The Morgan fingerprint density at radius 2 is 2.06 bits per heavy atom. The number of carbonyl (C=O) groups is 2. The second-order valence-corrected chi connectivity index (χ2v) is 4.23. The van der Waals surface area contributed by atoms with Crippen LogP contribution in [0.1, 0.15) is 23.2 Å². The number of amides is 1. The summed E-state index contributed by atoms with van der Waals surface area (Å²) >= 11 is 0. The van der Waals surface area contributed by atoms with Crippen LogP contribution >= 0.6 is 0 Å². The quantitative estimate of drug-likeness (QED) is 0.773. The molecule has 0 aliphatic carbocycles. The number of aromatic carboxylic acids is 1. The van der Waals surface area contributed by atoms with Crippen LogP contribution in [0.5, 0.6) is 0 Å². The van der Waals surface area contributed by atoms with Crippen molar-refractivity contribution in [2.75, 3.05) is 18.0 Å². The first-order valence-corrected chi connectivity index (χ1v) is 5.67. The minimum atomic E-state index is -1.05. The van der Waals surface area contributed by atoms with E-state index >= 15 is 0 Å². The van der Waals surface area contributed by atoms with Crippen LogP contribution in [0.25, 0.3) is 0 Å². The average molecular weight is 250 g/mol. The number of piperidine rings is 1. The number of aromatic nitrogens is 2. The fraction of sp³-hybridized carbons (Fsp3) is 0.455. The third-order valence-corrected chi connectivity index (χ3v) is 3.12. The van der Waals surface area contributed by atoms with Gasteiger partial charge in [0.15, 0.2) is 0 Å². The largest absolute Gasteiger partial charge is 0.477 e. The van der Waals surface area contributed by atoms with Crippen molar-refractivity contribution in [2.24, 2.45) is 11.7 Å². The van der Waals surface area contributed by atoms with Crippen LogP contribution in [0.15, 0.2) is 12.5 Å². The Morgan fingerprint density at radius 1 is 1.39 bits per heavy atom. The summed E-state index contributed by atoms with van der Waals surface area (Å²) in [5.41, 5.74) is 5.33. The van der Waals surface area contributed by atoms with Crippen LogP contribution in [0, 0.1) is 5.92 Å². The molecule has 96 valence electrons. The van der Waals surface area contributed by atoms with Crippen LogP contribution in [0.4, 0.5) is 5.82 Å². The monoisotopic (exact) mass is 250 g/mol. The molecule has 1 amide bonds. The molecule has 3 N–H and O–H groups in total. The van der Waals surface area contributed by atoms with E-state index in [1.165, 1.54) is 12.5 Å². The molecule has 2 heterocycles. The summed E-state index contributed by atoms with van der Waals surface area (Å²) in [6.45, 7) is 1.15. The third-order valence-electron chi connectivity index (χ3n) is 3.12. The highest BCUT2D eigenvalue weighted by molar-refractivity contribution is 5.92. The Bertz CT molecular complexity index is 469. The van der Waals surface area contributed by atoms with Gasteiger partial charge < -0.3 is 15.7 Å². The minimum Gasteiger partial charge on any atom is -0.477 e. The highest BCUT2D eigenvalue weighted by Crippen LogP contribution is 2.23. The van der Waals surface area contributed by atoms with E-state index in [1.54, 1.807) is 0 Å². The van der Waals surface area contributed by atoms with Gasteiger partial charge >= 0.3 is 5.97 Å². The molecule has 1 aromatic rings. The van der Waals surface area contributed by atoms with Crippen molar-refractivity contribution in [1.29, 1.82) is 0 Å². The van der Waals surface area contributed by atoms with Crippen LogP contribution in [-0.2, 0) is 4.79 Å². The molecule has 0 aromatic carbocycles. The van der Waals surface area contributed by atoms with Crippen molar-refractivity contribution < 1.29 is 14.7 Å². The number of anilines is 1. The van der Waals surface area contributed by atoms with Gasteiger partial charge in [-0.15, -0.1) is 0 Å². The predicted molar refractivity (Wildman–Crippen MR) is 63.1 cm³/mol. The van der Waals surface area contributed by atoms with Crippen LogP contribution in [0.3, 0.4) is 0 Å². The number of nitrogens with zero attached hydrogens (tertiary/aromatic N) is 3. The van der Waals surface area contributed by atoms with Crippen molar-refractivity contribution in [3.05, 3.63) is 18.1 Å². The molecule has 7 heteroatoms. The summed E-state index contributed by atoms with van der Waals surface area (Å²) in [7, 11) is 0. The standard InChI is InChI=1S/C11H14N4O3/c12-9(16)7-1-3-15(4-2-7)10-8(11(17)18)5-13-6-14-10/h5-7H,1-4H2,(H2,12,16)(H,17,18). The molecule has 0 spiro atoms. The molecule has 1 aliphatic heterocycles. The molecule has 7 nitrogen and oxygen atoms in total. The molecule has 0 unspecified atom stereocenters. The highest BCUT2D eigenvalue weighted by Gasteiger charge is 2.26. The summed E-state index contributed by atoms with van der Waals surface area (Å²) in [4.78, 5) is 31.7. The Labute approximate surface area is 104 Å². The van der Waals surface area contributed by atoms with Gasteiger partial charge in [0.2, 0.25) is 5.91 Å². The third kappa shape index (κ3) is 2.39. The first kappa shape index (κ1) is 12.3. The molecule has 2 rings (SSSR count). The van der Waals surface area contributed by atoms with E-state index in [9.17, 15) is 9.59 Å². The normalized spacial score (nSPS) is 16.6. The topological polar surface area (TPSA) is 109 Å². The van der Waals surface area contributed by atoms with Gasteiger partial charge in [0.1, 0.15) is 17.7 Å². The van der Waals surface area contributed by atoms with Gasteiger partial charge in [-0.2, -0.15) is 0 Å². The molecule has 18 heavy (non-hydrogen) atoms. The maximum atomic E-state index is 11.1. The number of rotatable bonds is 3. The highest BCUT2D eigenvalue weighted by atomic mass is 16.4. The van der Waals surface area contributed by atoms with E-state index < -0.39 is 5.97 Å². The maximum absolute atomic E-state index is 11.1. The van der Waals surface area contributed by atoms with Crippen molar-refractivity contribution in [3.8, 4) is 0 Å². The number of carbonyl (C=O) groups excluding carboxylic acids is 1. The zero-order valence-electron chi connectivity index (χ0n) is 9.74. The SMILES string of the molecule is NC(=O)C1CCN(c2ncncc2C(=O)O)CC1. The molecular weight excluding hydrogens is 236 g/mol. The number of carboxylic acid groups (broad SMARTS) is 1. The van der Waals surface area contributed by atoms with Gasteiger partial charge in [-0.1, -0.05) is 0 Å². The van der Waals surface area contributed by atoms with Gasteiger partial charge in [-0.05, 0) is 12.8 Å². The Hall–Kier alpha value is -2.18. The van der Waals surface area contributed by atoms with Crippen molar-refractivity contribution in [3.63, 3.8) is 0 Å². The molecule has 1 fully saturated rings. The molecule has 1 aliphatic rings. The zero-order valence-corrected chi connectivity index (χ0v) is 9.74. The lowest BCUT2D eigenvalue weighted by atomic mass is 9.96. The van der Waals surface area contributed by atoms with E-state index in [0.717, 1.165) is 0 Å². The lowest BCUT2D eigenvalue weighted by Gasteiger charge is -2.31. The van der Waals surface area contributed by atoms with E-state index in [4.69, 9.17) is 10.8 Å². The van der Waals surface area contributed by atoms with Gasteiger partial charge in [-0.25, -0.2) is 14.8 Å². The van der Waals surface area contributed by atoms with Crippen LogP contribution in [0.2, 0.25) is 0 Å². The minimum absolute atomic E-state index is 0.0787. The van der Waals surface area contributed by atoms with Crippen LogP contribution < -0.4 is 10.6 Å². The van der Waals surface area contributed by atoms with Crippen molar-refractivity contribution in [1.82, 2.24) is 9.97 Å². The summed E-state index contributed by atoms with van der Waals surface area (Å²) in [6.07, 6.45) is 3.85. The molecule has 0 bridgehead atoms. The molecule has 0 radical (unpaired) electrons. The number of hydrogen-bond acceptors (Lipinski definition) is 5. The van der Waals surface area contributed by atoms with Crippen LogP contribution in [-0.4, -0.2) is 40.0 Å². The Morgan fingerprint density at radius 3 is 2.61 bits per heavy atom. The smallest absolute Gasteiger partial charge is 0.341 e. The van der Waals surface area contributed by atoms with E-state index in [0.29, 0.717) is 31.7 Å². The first-order valence-electron chi connectivity index (χ1n) is 5.67. The number of primary amides is 1. The van der Waals surface area contributed by atoms with E-state index in [-0.39, 0.29) is 17.4 Å². The Kier molecular flexibility index (Phi) is 3.40. The summed E-state index contributed by atoms with van der Waals surface area (Å²) < 4.78 is 0. The first-order chi connectivity index (χ1) is 8.59. The number of hydrogen-bond donors (Lipinski definition) is 2. The fourth-order valence-electron chi connectivity index (χ4n) is 2.10. The maximum Gasteiger partial charge on any atom is 0.341 e. The lowest BCUT2D eigenvalue weighted by Crippen LogP contribution is -2.39. The van der Waals surface area contributed by atoms with Crippen molar-refractivity contribution >= 4 is 17.7 Å². The second kappa shape index (κ2) is 4.99. The average Bonchev–Trinajstić information content (AvgIpc) is 2.39. The Balaban J connectivity index is 2.15. The lowest BCUT2D eigenvalue weighted by molar-refractivity contribution is -0.122. The summed E-state index contributed by atoms with van der Waals surface area (Å²) in [5, 5.41) is 9.06. The molecule has 1 saturated heterocycles.